The molecule has 4 rings (SSSR count). The third-order valence-electron chi connectivity index (χ3n) is 3.81. The van der Waals surface area contributed by atoms with Crippen LogP contribution in [0.15, 0.2) is 54.2 Å². The third-order valence-corrected chi connectivity index (χ3v) is 4.76. The Morgan fingerprint density at radius 1 is 1.18 bits per heavy atom. The maximum absolute atomic E-state index is 4.49. The molecule has 5 nitrogen and oxygen atoms in total. The van der Waals surface area contributed by atoms with Crippen molar-refractivity contribution in [1.82, 2.24) is 24.3 Å². The normalized spacial score (nSPS) is 14.4. The molecule has 0 radical (unpaired) electrons. The molecule has 6 heteroatoms. The molecule has 0 saturated heterocycles. The topological polar surface area (TPSA) is 48.5 Å². The molecule has 112 valence electrons. The SMILES string of the molecule is c1ccc(Cn2ccnc2CSc2nncn2C2CC2)cc1. The molecule has 2 aromatic heterocycles. The van der Waals surface area contributed by atoms with Crippen LogP contribution in [0.1, 0.15) is 30.3 Å². The number of rotatable bonds is 6. The Morgan fingerprint density at radius 3 is 2.86 bits per heavy atom. The van der Waals surface area contributed by atoms with Gasteiger partial charge in [0.25, 0.3) is 0 Å². The summed E-state index contributed by atoms with van der Waals surface area (Å²) in [5.41, 5.74) is 1.29. The number of benzene rings is 1. The minimum atomic E-state index is 0.613. The first-order valence-corrected chi connectivity index (χ1v) is 8.45. The highest BCUT2D eigenvalue weighted by Crippen LogP contribution is 2.37. The van der Waals surface area contributed by atoms with Crippen molar-refractivity contribution in [2.45, 2.75) is 36.3 Å². The molecule has 0 spiro atoms. The molecule has 0 aliphatic heterocycles. The molecular formula is C16H17N5S. The van der Waals surface area contributed by atoms with Crippen molar-refractivity contribution >= 4 is 11.8 Å². The van der Waals surface area contributed by atoms with Crippen molar-refractivity contribution in [3.63, 3.8) is 0 Å². The van der Waals surface area contributed by atoms with E-state index in [0.29, 0.717) is 6.04 Å². The first kappa shape index (κ1) is 13.6. The third kappa shape index (κ3) is 2.92. The van der Waals surface area contributed by atoms with Gasteiger partial charge in [0, 0.05) is 25.0 Å². The lowest BCUT2D eigenvalue weighted by Gasteiger charge is -2.08. The van der Waals surface area contributed by atoms with Gasteiger partial charge in [0.05, 0.1) is 5.75 Å². The standard InChI is InChI=1S/C16H17N5S/c1-2-4-13(5-3-1)10-20-9-8-17-15(20)11-22-16-19-18-12-21(16)14-6-7-14/h1-5,8-9,12,14H,6-7,10-11H2. The van der Waals surface area contributed by atoms with Crippen LogP contribution < -0.4 is 0 Å². The van der Waals surface area contributed by atoms with Crippen LogP contribution in [0.3, 0.4) is 0 Å². The van der Waals surface area contributed by atoms with Gasteiger partial charge >= 0.3 is 0 Å². The molecule has 0 amide bonds. The van der Waals surface area contributed by atoms with Crippen LogP contribution in [0.2, 0.25) is 0 Å². The summed E-state index contributed by atoms with van der Waals surface area (Å²) in [5.74, 6) is 1.88. The van der Waals surface area contributed by atoms with E-state index in [0.717, 1.165) is 23.3 Å². The first-order valence-electron chi connectivity index (χ1n) is 7.46. The Bertz CT molecular complexity index is 745. The van der Waals surface area contributed by atoms with Gasteiger partial charge in [-0.25, -0.2) is 4.98 Å². The number of nitrogens with zero attached hydrogens (tertiary/aromatic N) is 5. The molecule has 0 unspecified atom stereocenters. The van der Waals surface area contributed by atoms with Gasteiger partial charge in [-0.3, -0.25) is 0 Å². The van der Waals surface area contributed by atoms with Crippen molar-refractivity contribution in [3.8, 4) is 0 Å². The number of hydrogen-bond acceptors (Lipinski definition) is 4. The van der Waals surface area contributed by atoms with Gasteiger partial charge in [0.1, 0.15) is 12.2 Å². The second kappa shape index (κ2) is 5.96. The summed E-state index contributed by atoms with van der Waals surface area (Å²) in [4.78, 5) is 4.49. The summed E-state index contributed by atoms with van der Waals surface area (Å²) in [5, 5.41) is 9.26. The van der Waals surface area contributed by atoms with E-state index in [2.05, 4.69) is 48.6 Å². The van der Waals surface area contributed by atoms with E-state index >= 15 is 0 Å². The van der Waals surface area contributed by atoms with E-state index < -0.39 is 0 Å². The summed E-state index contributed by atoms with van der Waals surface area (Å²) in [6, 6.07) is 11.1. The second-order valence-electron chi connectivity index (χ2n) is 5.50. The predicted octanol–water partition coefficient (Wildman–Crippen LogP) is 3.15. The van der Waals surface area contributed by atoms with Crippen LogP contribution in [0.5, 0.6) is 0 Å². The lowest BCUT2D eigenvalue weighted by molar-refractivity contribution is 0.662. The first-order chi connectivity index (χ1) is 10.9. The summed E-state index contributed by atoms with van der Waals surface area (Å²) in [6.07, 6.45) is 8.23. The molecule has 0 atom stereocenters. The summed E-state index contributed by atoms with van der Waals surface area (Å²) >= 11 is 1.71. The molecule has 3 aromatic rings. The van der Waals surface area contributed by atoms with Gasteiger partial charge in [0.15, 0.2) is 5.16 Å². The quantitative estimate of drug-likeness (QED) is 0.656. The summed E-state index contributed by atoms with van der Waals surface area (Å²) in [7, 11) is 0. The van der Waals surface area contributed by atoms with E-state index in [4.69, 9.17) is 0 Å². The van der Waals surface area contributed by atoms with Crippen LogP contribution in [-0.2, 0) is 12.3 Å². The maximum atomic E-state index is 4.49. The van der Waals surface area contributed by atoms with Gasteiger partial charge in [0.2, 0.25) is 0 Å². The monoisotopic (exact) mass is 311 g/mol. The largest absolute Gasteiger partial charge is 0.330 e. The molecule has 22 heavy (non-hydrogen) atoms. The fourth-order valence-corrected chi connectivity index (χ4v) is 3.42. The van der Waals surface area contributed by atoms with E-state index in [9.17, 15) is 0 Å². The van der Waals surface area contributed by atoms with Gasteiger partial charge in [-0.15, -0.1) is 10.2 Å². The second-order valence-corrected chi connectivity index (χ2v) is 6.44. The molecule has 1 aliphatic rings. The zero-order valence-corrected chi connectivity index (χ0v) is 13.0. The van der Waals surface area contributed by atoms with Crippen molar-refractivity contribution in [2.24, 2.45) is 0 Å². The number of thioether (sulfide) groups is 1. The number of aromatic nitrogens is 5. The fourth-order valence-electron chi connectivity index (χ4n) is 2.47. The highest BCUT2D eigenvalue weighted by molar-refractivity contribution is 7.98. The molecule has 1 aromatic carbocycles. The zero-order chi connectivity index (χ0) is 14.8. The minimum Gasteiger partial charge on any atom is -0.330 e. The average molecular weight is 311 g/mol. The van der Waals surface area contributed by atoms with E-state index in [1.165, 1.54) is 18.4 Å². The van der Waals surface area contributed by atoms with Gasteiger partial charge in [-0.2, -0.15) is 0 Å². The Labute approximate surface area is 133 Å². The van der Waals surface area contributed by atoms with Crippen LogP contribution >= 0.6 is 11.8 Å². The molecule has 0 bridgehead atoms. The molecule has 2 heterocycles. The van der Waals surface area contributed by atoms with Crippen LogP contribution in [0, 0.1) is 0 Å². The maximum Gasteiger partial charge on any atom is 0.191 e. The smallest absolute Gasteiger partial charge is 0.191 e. The molecular weight excluding hydrogens is 294 g/mol. The minimum absolute atomic E-state index is 0.613. The molecule has 1 saturated carbocycles. The number of hydrogen-bond donors (Lipinski definition) is 0. The van der Waals surface area contributed by atoms with E-state index in [1.54, 1.807) is 11.8 Å². The van der Waals surface area contributed by atoms with E-state index in [1.807, 2.05) is 24.8 Å². The zero-order valence-electron chi connectivity index (χ0n) is 12.2. The van der Waals surface area contributed by atoms with Crippen molar-refractivity contribution in [2.75, 3.05) is 0 Å². The fraction of sp³-hybridized carbons (Fsp3) is 0.312. The van der Waals surface area contributed by atoms with Gasteiger partial charge in [-0.1, -0.05) is 42.1 Å². The van der Waals surface area contributed by atoms with Gasteiger partial charge < -0.3 is 9.13 Å². The number of imidazole rings is 1. The highest BCUT2D eigenvalue weighted by atomic mass is 32.2. The molecule has 1 fully saturated rings. The summed E-state index contributed by atoms with van der Waals surface area (Å²) < 4.78 is 4.38. The van der Waals surface area contributed by atoms with Crippen molar-refractivity contribution in [3.05, 3.63) is 60.4 Å². The Balaban J connectivity index is 1.45. The van der Waals surface area contributed by atoms with Gasteiger partial charge in [-0.05, 0) is 18.4 Å². The predicted molar refractivity (Wildman–Crippen MR) is 85.6 cm³/mol. The average Bonchev–Trinajstić information content (AvgIpc) is 3.12. The highest BCUT2D eigenvalue weighted by Gasteiger charge is 2.26. The Hall–Kier alpha value is -2.08. The lowest BCUT2D eigenvalue weighted by atomic mass is 10.2. The van der Waals surface area contributed by atoms with Crippen LogP contribution in [0.4, 0.5) is 0 Å². The van der Waals surface area contributed by atoms with Crippen molar-refractivity contribution < 1.29 is 0 Å². The van der Waals surface area contributed by atoms with Crippen LogP contribution in [-0.4, -0.2) is 24.3 Å². The Kier molecular flexibility index (Phi) is 3.68. The van der Waals surface area contributed by atoms with E-state index in [-0.39, 0.29) is 0 Å². The van der Waals surface area contributed by atoms with Crippen LogP contribution in [0.25, 0.3) is 0 Å². The molecule has 0 N–H and O–H groups in total. The molecule has 1 aliphatic carbocycles. The van der Waals surface area contributed by atoms with Crippen molar-refractivity contribution in [1.29, 1.82) is 0 Å². The lowest BCUT2D eigenvalue weighted by Crippen LogP contribution is -2.04. The Morgan fingerprint density at radius 2 is 2.05 bits per heavy atom. The summed E-state index contributed by atoms with van der Waals surface area (Å²) in [6.45, 7) is 0.853.